The summed E-state index contributed by atoms with van der Waals surface area (Å²) < 4.78 is 0. The van der Waals surface area contributed by atoms with Crippen LogP contribution >= 0.6 is 0 Å². The molecule has 3 rings (SSSR count). The molecule has 3 aromatic rings. The number of nitrogen functional groups attached to an aromatic ring is 1. The smallest absolute Gasteiger partial charge is 0.205 e. The normalized spacial score (nSPS) is 10.4. The van der Waals surface area contributed by atoms with E-state index in [-0.39, 0.29) is 0 Å². The van der Waals surface area contributed by atoms with Gasteiger partial charge < -0.3 is 5.73 Å². The van der Waals surface area contributed by atoms with Crippen LogP contribution in [0.5, 0.6) is 0 Å². The lowest BCUT2D eigenvalue weighted by molar-refractivity contribution is 0.720. The molecule has 1 heterocycles. The van der Waals surface area contributed by atoms with E-state index in [1.807, 2.05) is 42.5 Å². The summed E-state index contributed by atoms with van der Waals surface area (Å²) in [6.07, 6.45) is 0. The van der Waals surface area contributed by atoms with Crippen molar-refractivity contribution in [2.24, 2.45) is 0 Å². The largest absolute Gasteiger partial charge is 0.399 e. The summed E-state index contributed by atoms with van der Waals surface area (Å²) in [7, 11) is 0. The van der Waals surface area contributed by atoms with Gasteiger partial charge >= 0.3 is 0 Å². The lowest BCUT2D eigenvalue weighted by Crippen LogP contribution is -1.99. The summed E-state index contributed by atoms with van der Waals surface area (Å²) in [6, 6.07) is 17.1. The molecule has 5 nitrogen and oxygen atoms in total. The number of nitrogens with two attached hydrogens (primary N) is 1. The molecule has 0 amide bonds. The quantitative estimate of drug-likeness (QED) is 0.691. The van der Waals surface area contributed by atoms with E-state index >= 15 is 0 Å². The van der Waals surface area contributed by atoms with Gasteiger partial charge in [-0.05, 0) is 29.5 Å². The van der Waals surface area contributed by atoms with E-state index in [0.29, 0.717) is 11.5 Å². The average molecular weight is 237 g/mol. The van der Waals surface area contributed by atoms with Gasteiger partial charge in [-0.25, -0.2) is 0 Å². The van der Waals surface area contributed by atoms with E-state index in [4.69, 9.17) is 5.73 Å². The predicted molar refractivity (Wildman–Crippen MR) is 69.0 cm³/mol. The van der Waals surface area contributed by atoms with Crippen LogP contribution in [0.4, 0.5) is 5.69 Å². The summed E-state index contributed by atoms with van der Waals surface area (Å²) in [5.74, 6) is 0.604. The van der Waals surface area contributed by atoms with Crippen molar-refractivity contribution in [2.75, 3.05) is 5.73 Å². The van der Waals surface area contributed by atoms with Crippen molar-refractivity contribution < 1.29 is 0 Å². The molecule has 1 aromatic heterocycles. The first-order chi connectivity index (χ1) is 8.83. The topological polar surface area (TPSA) is 69.6 Å². The van der Waals surface area contributed by atoms with Gasteiger partial charge in [0.25, 0.3) is 0 Å². The molecule has 2 aromatic carbocycles. The monoisotopic (exact) mass is 237 g/mol. The Morgan fingerprint density at radius 3 is 2.33 bits per heavy atom. The number of benzene rings is 2. The van der Waals surface area contributed by atoms with Crippen LogP contribution in [0.2, 0.25) is 0 Å². The van der Waals surface area contributed by atoms with Crippen molar-refractivity contribution in [1.82, 2.24) is 20.2 Å². The molecule has 0 aliphatic heterocycles. The van der Waals surface area contributed by atoms with Crippen molar-refractivity contribution in [2.45, 2.75) is 0 Å². The van der Waals surface area contributed by atoms with E-state index in [1.165, 1.54) is 4.80 Å². The minimum Gasteiger partial charge on any atom is -0.399 e. The van der Waals surface area contributed by atoms with Crippen LogP contribution in [0, 0.1) is 0 Å². The van der Waals surface area contributed by atoms with Crippen molar-refractivity contribution in [1.29, 1.82) is 0 Å². The standard InChI is InChI=1S/C13H11N5/c14-11-6-8-12(9-7-11)18-16-13(15-17-18)10-4-2-1-3-5-10/h1-9H,14H2. The van der Waals surface area contributed by atoms with Gasteiger partial charge in [-0.2, -0.15) is 0 Å². The highest BCUT2D eigenvalue weighted by Gasteiger charge is 2.06. The van der Waals surface area contributed by atoms with Gasteiger partial charge in [0.15, 0.2) is 0 Å². The minimum atomic E-state index is 0.604. The molecule has 0 saturated carbocycles. The number of hydrogen-bond acceptors (Lipinski definition) is 4. The van der Waals surface area contributed by atoms with Crippen LogP contribution in [0.1, 0.15) is 0 Å². The zero-order chi connectivity index (χ0) is 12.4. The van der Waals surface area contributed by atoms with E-state index < -0.39 is 0 Å². The summed E-state index contributed by atoms with van der Waals surface area (Å²) >= 11 is 0. The minimum absolute atomic E-state index is 0.604. The summed E-state index contributed by atoms with van der Waals surface area (Å²) in [5, 5.41) is 12.4. The van der Waals surface area contributed by atoms with E-state index in [9.17, 15) is 0 Å². The van der Waals surface area contributed by atoms with E-state index in [0.717, 1.165) is 11.3 Å². The van der Waals surface area contributed by atoms with Gasteiger partial charge in [-0.1, -0.05) is 30.3 Å². The molecule has 0 unspecified atom stereocenters. The molecule has 0 saturated heterocycles. The number of tetrazole rings is 1. The highest BCUT2D eigenvalue weighted by atomic mass is 15.6. The lowest BCUT2D eigenvalue weighted by atomic mass is 10.2. The van der Waals surface area contributed by atoms with Crippen LogP contribution < -0.4 is 5.73 Å². The molecule has 0 radical (unpaired) electrons. The van der Waals surface area contributed by atoms with Crippen LogP contribution in [0.25, 0.3) is 17.1 Å². The molecule has 0 aliphatic rings. The zero-order valence-electron chi connectivity index (χ0n) is 9.56. The molecule has 18 heavy (non-hydrogen) atoms. The number of nitrogens with zero attached hydrogens (tertiary/aromatic N) is 4. The Morgan fingerprint density at radius 1 is 0.889 bits per heavy atom. The summed E-state index contributed by atoms with van der Waals surface area (Å²) in [5.41, 5.74) is 8.12. The fraction of sp³-hybridized carbons (Fsp3) is 0. The zero-order valence-corrected chi connectivity index (χ0v) is 9.56. The summed E-state index contributed by atoms with van der Waals surface area (Å²) in [6.45, 7) is 0. The molecular formula is C13H11N5. The maximum Gasteiger partial charge on any atom is 0.205 e. The molecular weight excluding hydrogens is 226 g/mol. The third-order valence-electron chi connectivity index (χ3n) is 2.57. The molecule has 88 valence electrons. The van der Waals surface area contributed by atoms with Gasteiger partial charge in [0.1, 0.15) is 0 Å². The Hall–Kier alpha value is -2.69. The van der Waals surface area contributed by atoms with E-state index in [2.05, 4.69) is 15.4 Å². The van der Waals surface area contributed by atoms with Crippen LogP contribution in [-0.2, 0) is 0 Å². The number of rotatable bonds is 2. The first-order valence-electron chi connectivity index (χ1n) is 5.54. The Balaban J connectivity index is 1.97. The second kappa shape index (κ2) is 4.29. The lowest BCUT2D eigenvalue weighted by Gasteiger charge is -1.98. The maximum absolute atomic E-state index is 5.64. The number of hydrogen-bond donors (Lipinski definition) is 1. The highest BCUT2D eigenvalue weighted by molar-refractivity contribution is 5.53. The van der Waals surface area contributed by atoms with E-state index in [1.54, 1.807) is 12.1 Å². The van der Waals surface area contributed by atoms with Gasteiger partial charge in [0, 0.05) is 11.3 Å². The second-order valence-electron chi connectivity index (χ2n) is 3.86. The first kappa shape index (κ1) is 10.5. The number of anilines is 1. The molecule has 0 spiro atoms. The van der Waals surface area contributed by atoms with Crippen LogP contribution in [-0.4, -0.2) is 20.2 Å². The molecule has 5 heteroatoms. The molecule has 0 aliphatic carbocycles. The summed E-state index contributed by atoms with van der Waals surface area (Å²) in [4.78, 5) is 1.49. The molecule has 0 fully saturated rings. The van der Waals surface area contributed by atoms with Crippen LogP contribution in [0.15, 0.2) is 54.6 Å². The Kier molecular flexibility index (Phi) is 2.49. The Labute approximate surface area is 104 Å². The van der Waals surface area contributed by atoms with Crippen LogP contribution in [0.3, 0.4) is 0 Å². The predicted octanol–water partition coefficient (Wildman–Crippen LogP) is 1.91. The fourth-order valence-corrected chi connectivity index (χ4v) is 1.63. The Bertz CT molecular complexity index is 643. The average Bonchev–Trinajstić information content (AvgIpc) is 2.90. The van der Waals surface area contributed by atoms with Crippen molar-refractivity contribution in [3.8, 4) is 17.1 Å². The van der Waals surface area contributed by atoms with Gasteiger partial charge in [-0.15, -0.1) is 15.0 Å². The third-order valence-corrected chi connectivity index (χ3v) is 2.57. The van der Waals surface area contributed by atoms with Crippen molar-refractivity contribution in [3.05, 3.63) is 54.6 Å². The van der Waals surface area contributed by atoms with Gasteiger partial charge in [0.05, 0.1) is 5.69 Å². The highest BCUT2D eigenvalue weighted by Crippen LogP contribution is 2.14. The van der Waals surface area contributed by atoms with Crippen molar-refractivity contribution >= 4 is 5.69 Å². The van der Waals surface area contributed by atoms with Gasteiger partial charge in [0.2, 0.25) is 5.82 Å². The van der Waals surface area contributed by atoms with Gasteiger partial charge in [-0.3, -0.25) is 0 Å². The molecule has 0 bridgehead atoms. The van der Waals surface area contributed by atoms with Crippen molar-refractivity contribution in [3.63, 3.8) is 0 Å². The first-order valence-corrected chi connectivity index (χ1v) is 5.54. The maximum atomic E-state index is 5.64. The third kappa shape index (κ3) is 1.93. The number of aromatic nitrogens is 4. The second-order valence-corrected chi connectivity index (χ2v) is 3.86. The fourth-order valence-electron chi connectivity index (χ4n) is 1.63. The molecule has 0 atom stereocenters. The molecule has 2 N–H and O–H groups in total. The SMILES string of the molecule is Nc1ccc(-n2nnc(-c3ccccc3)n2)cc1. The Morgan fingerprint density at radius 2 is 1.61 bits per heavy atom.